The Morgan fingerprint density at radius 2 is 2.06 bits per heavy atom. The molecule has 1 unspecified atom stereocenters. The molecular formula is C12H15ClOS2. The SMILES string of the molecule is CC(C)CCOC1Sc2ccc(Cl)cc2S1. The van der Waals surface area contributed by atoms with Crippen LogP contribution in [-0.2, 0) is 4.74 Å². The van der Waals surface area contributed by atoms with E-state index in [0.717, 1.165) is 18.1 Å². The lowest BCUT2D eigenvalue weighted by molar-refractivity contribution is 0.151. The van der Waals surface area contributed by atoms with E-state index in [1.165, 1.54) is 9.79 Å². The molecule has 1 aliphatic rings. The van der Waals surface area contributed by atoms with Crippen LogP contribution in [0.1, 0.15) is 20.3 Å². The van der Waals surface area contributed by atoms with Crippen LogP contribution in [0.2, 0.25) is 5.02 Å². The van der Waals surface area contributed by atoms with Gasteiger partial charge in [0.1, 0.15) is 0 Å². The van der Waals surface area contributed by atoms with Crippen molar-refractivity contribution < 1.29 is 4.74 Å². The molecule has 16 heavy (non-hydrogen) atoms. The third kappa shape index (κ3) is 3.33. The minimum atomic E-state index is 0.201. The van der Waals surface area contributed by atoms with E-state index in [-0.39, 0.29) is 4.77 Å². The molecule has 88 valence electrons. The molecule has 0 aromatic heterocycles. The highest BCUT2D eigenvalue weighted by Crippen LogP contribution is 2.48. The molecule has 0 saturated heterocycles. The Kier molecular flexibility index (Phi) is 4.48. The van der Waals surface area contributed by atoms with Crippen LogP contribution in [0.3, 0.4) is 0 Å². The van der Waals surface area contributed by atoms with Crippen molar-refractivity contribution in [1.82, 2.24) is 0 Å². The van der Waals surface area contributed by atoms with Crippen LogP contribution in [0.25, 0.3) is 0 Å². The van der Waals surface area contributed by atoms with Gasteiger partial charge in [-0.25, -0.2) is 0 Å². The Labute approximate surface area is 110 Å². The van der Waals surface area contributed by atoms with E-state index in [1.54, 1.807) is 23.5 Å². The summed E-state index contributed by atoms with van der Waals surface area (Å²) in [5, 5.41) is 0.801. The average Bonchev–Trinajstić information content (AvgIpc) is 2.58. The van der Waals surface area contributed by atoms with E-state index in [9.17, 15) is 0 Å². The van der Waals surface area contributed by atoms with Gasteiger partial charge in [0, 0.05) is 21.4 Å². The first-order chi connectivity index (χ1) is 7.65. The Bertz CT molecular complexity index is 368. The van der Waals surface area contributed by atoms with Crippen LogP contribution in [0.15, 0.2) is 28.0 Å². The molecule has 0 fully saturated rings. The maximum Gasteiger partial charge on any atom is 0.158 e. The highest BCUT2D eigenvalue weighted by atomic mass is 35.5. The van der Waals surface area contributed by atoms with Gasteiger partial charge in [-0.15, -0.1) is 0 Å². The summed E-state index contributed by atoms with van der Waals surface area (Å²) >= 11 is 9.49. The molecule has 4 heteroatoms. The van der Waals surface area contributed by atoms with Crippen molar-refractivity contribution in [3.05, 3.63) is 23.2 Å². The average molecular weight is 275 g/mol. The maximum absolute atomic E-state index is 5.95. The molecule has 1 heterocycles. The largest absolute Gasteiger partial charge is 0.357 e. The zero-order valence-corrected chi connectivity index (χ0v) is 11.8. The molecule has 2 rings (SSSR count). The minimum Gasteiger partial charge on any atom is -0.357 e. The van der Waals surface area contributed by atoms with Crippen molar-refractivity contribution in [3.8, 4) is 0 Å². The number of ether oxygens (including phenoxy) is 1. The number of fused-ring (bicyclic) bond motifs is 1. The van der Waals surface area contributed by atoms with Gasteiger partial charge in [0.2, 0.25) is 0 Å². The molecule has 1 aliphatic heterocycles. The first-order valence-electron chi connectivity index (χ1n) is 5.39. The van der Waals surface area contributed by atoms with Gasteiger partial charge in [-0.1, -0.05) is 49.0 Å². The van der Waals surface area contributed by atoms with E-state index in [1.807, 2.05) is 12.1 Å². The van der Waals surface area contributed by atoms with Crippen molar-refractivity contribution in [2.45, 2.75) is 34.8 Å². The lowest BCUT2D eigenvalue weighted by atomic mass is 10.1. The highest BCUT2D eigenvalue weighted by Gasteiger charge is 2.23. The van der Waals surface area contributed by atoms with E-state index in [2.05, 4.69) is 19.9 Å². The zero-order chi connectivity index (χ0) is 11.5. The van der Waals surface area contributed by atoms with Crippen molar-refractivity contribution in [3.63, 3.8) is 0 Å². The predicted molar refractivity (Wildman–Crippen MR) is 72.4 cm³/mol. The Balaban J connectivity index is 1.86. The predicted octanol–water partition coefficient (Wildman–Crippen LogP) is 4.88. The molecule has 1 atom stereocenters. The normalized spacial score (nSPS) is 19.1. The maximum atomic E-state index is 5.95. The van der Waals surface area contributed by atoms with Gasteiger partial charge >= 0.3 is 0 Å². The van der Waals surface area contributed by atoms with Gasteiger partial charge < -0.3 is 4.74 Å². The fourth-order valence-corrected chi connectivity index (χ4v) is 4.15. The number of hydrogen-bond donors (Lipinski definition) is 0. The van der Waals surface area contributed by atoms with Crippen LogP contribution < -0.4 is 0 Å². The van der Waals surface area contributed by atoms with Crippen LogP contribution in [0, 0.1) is 5.92 Å². The van der Waals surface area contributed by atoms with Crippen LogP contribution in [-0.4, -0.2) is 11.4 Å². The molecule has 0 aliphatic carbocycles. The molecule has 0 amide bonds. The summed E-state index contributed by atoms with van der Waals surface area (Å²) in [6, 6.07) is 6.02. The quantitative estimate of drug-likeness (QED) is 0.774. The zero-order valence-electron chi connectivity index (χ0n) is 9.40. The van der Waals surface area contributed by atoms with Crippen molar-refractivity contribution >= 4 is 35.1 Å². The van der Waals surface area contributed by atoms with E-state index < -0.39 is 0 Å². The van der Waals surface area contributed by atoms with Gasteiger partial charge in [0.15, 0.2) is 4.77 Å². The van der Waals surface area contributed by atoms with Gasteiger partial charge in [0.25, 0.3) is 0 Å². The molecule has 1 nitrogen and oxygen atoms in total. The summed E-state index contributed by atoms with van der Waals surface area (Å²) in [6.45, 7) is 5.27. The molecule has 0 bridgehead atoms. The minimum absolute atomic E-state index is 0.201. The third-order valence-corrected chi connectivity index (χ3v) is 5.10. The molecule has 0 saturated carbocycles. The summed E-state index contributed by atoms with van der Waals surface area (Å²) < 4.78 is 6.02. The van der Waals surface area contributed by atoms with Gasteiger partial charge in [-0.3, -0.25) is 0 Å². The number of halogens is 1. The van der Waals surface area contributed by atoms with Crippen molar-refractivity contribution in [1.29, 1.82) is 0 Å². The second-order valence-corrected chi connectivity index (χ2v) is 7.11. The summed E-state index contributed by atoms with van der Waals surface area (Å²) in [5.74, 6) is 0.702. The highest BCUT2D eigenvalue weighted by molar-refractivity contribution is 8.19. The van der Waals surface area contributed by atoms with E-state index in [0.29, 0.717) is 5.92 Å². The number of rotatable bonds is 4. The summed E-state index contributed by atoms with van der Waals surface area (Å²) in [6.07, 6.45) is 1.12. The molecule has 1 aromatic rings. The standard InChI is InChI=1S/C12H15ClOS2/c1-8(2)5-6-14-12-15-10-4-3-9(13)7-11(10)16-12/h3-4,7-8,12H,5-6H2,1-2H3. The molecule has 0 N–H and O–H groups in total. The fourth-order valence-electron chi connectivity index (χ4n) is 1.37. The van der Waals surface area contributed by atoms with Gasteiger partial charge in [0.05, 0.1) is 0 Å². The first kappa shape index (κ1) is 12.6. The van der Waals surface area contributed by atoms with Gasteiger partial charge in [-0.05, 0) is 30.5 Å². The lowest BCUT2D eigenvalue weighted by Crippen LogP contribution is -2.04. The molecular weight excluding hydrogens is 260 g/mol. The smallest absolute Gasteiger partial charge is 0.158 e. The Hall–Kier alpha value is 0.170. The van der Waals surface area contributed by atoms with Gasteiger partial charge in [-0.2, -0.15) is 0 Å². The van der Waals surface area contributed by atoms with Crippen molar-refractivity contribution in [2.24, 2.45) is 5.92 Å². The fraction of sp³-hybridized carbons (Fsp3) is 0.500. The first-order valence-corrected chi connectivity index (χ1v) is 7.53. The van der Waals surface area contributed by atoms with E-state index in [4.69, 9.17) is 16.3 Å². The lowest BCUT2D eigenvalue weighted by Gasteiger charge is -2.10. The number of benzene rings is 1. The van der Waals surface area contributed by atoms with Crippen molar-refractivity contribution in [2.75, 3.05) is 6.61 Å². The Morgan fingerprint density at radius 3 is 2.81 bits per heavy atom. The summed E-state index contributed by atoms with van der Waals surface area (Å²) in [4.78, 5) is 2.52. The summed E-state index contributed by atoms with van der Waals surface area (Å²) in [5.41, 5.74) is 0. The monoisotopic (exact) mass is 274 g/mol. The molecule has 0 spiro atoms. The molecule has 1 aromatic carbocycles. The topological polar surface area (TPSA) is 9.23 Å². The second-order valence-electron chi connectivity index (χ2n) is 4.17. The number of thioether (sulfide) groups is 2. The van der Waals surface area contributed by atoms with E-state index >= 15 is 0 Å². The molecule has 0 radical (unpaired) electrons. The van der Waals surface area contributed by atoms with Crippen LogP contribution in [0.4, 0.5) is 0 Å². The third-order valence-electron chi connectivity index (χ3n) is 2.30. The Morgan fingerprint density at radius 1 is 1.31 bits per heavy atom. The van der Waals surface area contributed by atoms with Crippen LogP contribution in [0.5, 0.6) is 0 Å². The van der Waals surface area contributed by atoms with Crippen LogP contribution >= 0.6 is 35.1 Å². The second kappa shape index (κ2) is 5.67. The number of hydrogen-bond acceptors (Lipinski definition) is 3. The summed E-state index contributed by atoms with van der Waals surface area (Å²) in [7, 11) is 0.